The fourth-order valence-corrected chi connectivity index (χ4v) is 2.98. The number of rotatable bonds is 4. The van der Waals surface area contributed by atoms with E-state index in [0.717, 1.165) is 17.8 Å². The molecule has 0 saturated carbocycles. The molecule has 1 aliphatic heterocycles. The van der Waals surface area contributed by atoms with Gasteiger partial charge in [-0.2, -0.15) is 4.98 Å². The molecule has 3 heterocycles. The van der Waals surface area contributed by atoms with E-state index in [9.17, 15) is 14.5 Å². The second kappa shape index (κ2) is 5.83. The Balaban J connectivity index is 1.97. The van der Waals surface area contributed by atoms with Crippen molar-refractivity contribution < 1.29 is 33.1 Å². The Hall–Kier alpha value is -1.89. The predicted octanol–water partition coefficient (Wildman–Crippen LogP) is -1.20. The van der Waals surface area contributed by atoms with Gasteiger partial charge in [-0.1, -0.05) is 0 Å². The second-order valence-corrected chi connectivity index (χ2v) is 6.92. The lowest BCUT2D eigenvalue weighted by atomic mass is 9.98. The molecule has 14 heteroatoms. The monoisotopic (exact) mass is 379 g/mol. The van der Waals surface area contributed by atoms with E-state index in [1.165, 1.54) is 0 Å². The number of nitrogens with two attached hydrogens (primary N) is 1. The summed E-state index contributed by atoms with van der Waals surface area (Å²) in [5.74, 6) is -0.222. The van der Waals surface area contributed by atoms with E-state index in [4.69, 9.17) is 20.3 Å². The zero-order valence-electron chi connectivity index (χ0n) is 12.7. The van der Waals surface area contributed by atoms with Crippen LogP contribution in [0.1, 0.15) is 13.2 Å². The highest BCUT2D eigenvalue weighted by atomic mass is 31.2. The van der Waals surface area contributed by atoms with Gasteiger partial charge in [-0.15, -0.1) is 0 Å². The minimum Gasteiger partial charge on any atom is -0.387 e. The first kappa shape index (κ1) is 17.9. The molecule has 3 rings (SSSR count). The number of phosphoric acid groups is 1. The van der Waals surface area contributed by atoms with Crippen LogP contribution in [0.4, 0.5) is 10.3 Å². The number of aliphatic hydroxyl groups excluding tert-OH is 1. The number of nitrogen functional groups attached to an aromatic ring is 1. The molecule has 0 aliphatic carbocycles. The first-order chi connectivity index (χ1) is 11.5. The molecule has 1 fully saturated rings. The van der Waals surface area contributed by atoms with Crippen LogP contribution in [0.2, 0.25) is 0 Å². The average molecular weight is 379 g/mol. The summed E-state index contributed by atoms with van der Waals surface area (Å²) in [4.78, 5) is 39.2. The molecule has 25 heavy (non-hydrogen) atoms. The highest BCUT2D eigenvalue weighted by Crippen LogP contribution is 2.44. The van der Waals surface area contributed by atoms with Crippen LogP contribution in [0.5, 0.6) is 0 Å². The van der Waals surface area contributed by atoms with Crippen molar-refractivity contribution in [2.45, 2.75) is 31.0 Å². The van der Waals surface area contributed by atoms with Gasteiger partial charge in [0.2, 0.25) is 5.95 Å². The quantitative estimate of drug-likeness (QED) is 0.404. The van der Waals surface area contributed by atoms with E-state index < -0.39 is 44.1 Å². The normalized spacial score (nSPS) is 30.2. The van der Waals surface area contributed by atoms with Crippen molar-refractivity contribution in [1.82, 2.24) is 19.5 Å². The number of ether oxygens (including phenoxy) is 1. The average Bonchev–Trinajstić information content (AvgIpc) is 2.97. The van der Waals surface area contributed by atoms with Crippen molar-refractivity contribution in [2.75, 3.05) is 12.3 Å². The van der Waals surface area contributed by atoms with E-state index in [0.29, 0.717) is 0 Å². The van der Waals surface area contributed by atoms with Gasteiger partial charge in [-0.25, -0.2) is 13.9 Å². The molecule has 138 valence electrons. The van der Waals surface area contributed by atoms with E-state index in [1.807, 2.05) is 0 Å². The summed E-state index contributed by atoms with van der Waals surface area (Å²) in [6.45, 7) is 0.284. The molecular formula is C11H15FN5O7P. The Morgan fingerprint density at radius 1 is 1.60 bits per heavy atom. The zero-order valence-corrected chi connectivity index (χ0v) is 13.6. The Morgan fingerprint density at radius 3 is 2.92 bits per heavy atom. The van der Waals surface area contributed by atoms with Gasteiger partial charge in [0.15, 0.2) is 23.1 Å². The van der Waals surface area contributed by atoms with Gasteiger partial charge in [0.05, 0.1) is 12.9 Å². The molecule has 0 spiro atoms. The Labute approximate surface area is 138 Å². The number of anilines is 1. The standard InChI is InChI=1S/C11H15FN5O7P/c1-11(12)6(18)4(2-23-25(20,21)22)24-9(11)17-3-14-5-7(17)15-10(13)16-8(5)19/h3-4,6,9,18H,2H2,1H3,(H2,20,21,22)(H3,13,15,16,19)/t4-,6-,9-,11?/m1/s1. The number of imidazole rings is 1. The summed E-state index contributed by atoms with van der Waals surface area (Å²) in [7, 11) is -4.83. The van der Waals surface area contributed by atoms with Crippen molar-refractivity contribution in [2.24, 2.45) is 0 Å². The number of nitrogens with one attached hydrogen (secondary N) is 1. The maximum Gasteiger partial charge on any atom is 0.469 e. The van der Waals surface area contributed by atoms with Crippen LogP contribution in [-0.4, -0.2) is 58.9 Å². The van der Waals surface area contributed by atoms with Gasteiger partial charge in [0.25, 0.3) is 5.56 Å². The first-order valence-electron chi connectivity index (χ1n) is 6.95. The Morgan fingerprint density at radius 2 is 2.28 bits per heavy atom. The molecule has 2 aromatic rings. The van der Waals surface area contributed by atoms with Gasteiger partial charge in [-0.05, 0) is 6.92 Å². The number of aliphatic hydroxyl groups is 1. The van der Waals surface area contributed by atoms with Gasteiger partial charge in [0.1, 0.15) is 12.2 Å². The molecule has 6 N–H and O–H groups in total. The summed E-state index contributed by atoms with van der Waals surface area (Å²) in [6, 6.07) is 0. The maximum absolute atomic E-state index is 15.0. The van der Waals surface area contributed by atoms with E-state index in [-0.39, 0.29) is 17.1 Å². The van der Waals surface area contributed by atoms with Gasteiger partial charge in [-0.3, -0.25) is 18.9 Å². The van der Waals surface area contributed by atoms with Crippen LogP contribution in [0.15, 0.2) is 11.1 Å². The molecular weight excluding hydrogens is 364 g/mol. The molecule has 1 saturated heterocycles. The number of hydrogen-bond donors (Lipinski definition) is 5. The third-order valence-electron chi connectivity index (χ3n) is 3.83. The number of alkyl halides is 1. The number of halogens is 1. The van der Waals surface area contributed by atoms with E-state index in [2.05, 4.69) is 19.5 Å². The van der Waals surface area contributed by atoms with Gasteiger partial charge in [0, 0.05) is 0 Å². The minimum atomic E-state index is -4.83. The number of aromatic nitrogens is 4. The Bertz CT molecular complexity index is 908. The number of fused-ring (bicyclic) bond motifs is 1. The topological polar surface area (TPSA) is 186 Å². The molecule has 1 unspecified atom stereocenters. The fourth-order valence-electron chi connectivity index (χ4n) is 2.64. The van der Waals surface area contributed by atoms with Crippen molar-refractivity contribution in [3.05, 3.63) is 16.7 Å². The lowest BCUT2D eigenvalue weighted by molar-refractivity contribution is -0.0560. The molecule has 4 atom stereocenters. The zero-order chi connectivity index (χ0) is 18.6. The number of phosphoric ester groups is 1. The maximum atomic E-state index is 15.0. The summed E-state index contributed by atoms with van der Waals surface area (Å²) < 4.78 is 36.5. The fraction of sp³-hybridized carbons (Fsp3) is 0.545. The van der Waals surface area contributed by atoms with Crippen molar-refractivity contribution in [1.29, 1.82) is 0 Å². The smallest absolute Gasteiger partial charge is 0.387 e. The third-order valence-corrected chi connectivity index (χ3v) is 4.31. The number of aromatic amines is 1. The highest BCUT2D eigenvalue weighted by molar-refractivity contribution is 7.46. The molecule has 0 amide bonds. The molecule has 0 bridgehead atoms. The SMILES string of the molecule is CC1(F)[C@H](O)[C@@H](COP(=O)(O)O)O[C@H]1n1cnc2c(=O)[nH]c(N)nc21. The first-order valence-corrected chi connectivity index (χ1v) is 8.48. The van der Waals surface area contributed by atoms with Crippen LogP contribution < -0.4 is 11.3 Å². The molecule has 2 aromatic heterocycles. The van der Waals surface area contributed by atoms with Crippen LogP contribution >= 0.6 is 7.82 Å². The summed E-state index contributed by atoms with van der Waals surface area (Å²) in [5, 5.41) is 10.1. The second-order valence-electron chi connectivity index (χ2n) is 5.68. The third kappa shape index (κ3) is 3.17. The number of H-pyrrole nitrogens is 1. The van der Waals surface area contributed by atoms with E-state index >= 15 is 4.39 Å². The largest absolute Gasteiger partial charge is 0.469 e. The van der Waals surface area contributed by atoms with Crippen LogP contribution in [0, 0.1) is 0 Å². The Kier molecular flexibility index (Phi) is 4.18. The highest BCUT2D eigenvalue weighted by Gasteiger charge is 2.55. The molecule has 0 radical (unpaired) electrons. The molecule has 1 aliphatic rings. The van der Waals surface area contributed by atoms with Crippen LogP contribution in [-0.2, 0) is 13.8 Å². The lowest BCUT2D eigenvalue weighted by Gasteiger charge is -2.24. The van der Waals surface area contributed by atoms with Gasteiger partial charge >= 0.3 is 7.82 Å². The molecule has 12 nitrogen and oxygen atoms in total. The van der Waals surface area contributed by atoms with Crippen LogP contribution in [0.3, 0.4) is 0 Å². The summed E-state index contributed by atoms with van der Waals surface area (Å²) >= 11 is 0. The summed E-state index contributed by atoms with van der Waals surface area (Å²) in [6.07, 6.45) is -3.52. The van der Waals surface area contributed by atoms with Crippen molar-refractivity contribution in [3.63, 3.8) is 0 Å². The van der Waals surface area contributed by atoms with E-state index in [1.54, 1.807) is 0 Å². The molecule has 0 aromatic carbocycles. The number of hydrogen-bond acceptors (Lipinski definition) is 8. The van der Waals surface area contributed by atoms with Crippen molar-refractivity contribution in [3.8, 4) is 0 Å². The lowest BCUT2D eigenvalue weighted by Crippen LogP contribution is -2.40. The minimum absolute atomic E-state index is 0.0705. The summed E-state index contributed by atoms with van der Waals surface area (Å²) in [5.41, 5.74) is 2.26. The van der Waals surface area contributed by atoms with Crippen molar-refractivity contribution >= 4 is 24.9 Å². The van der Waals surface area contributed by atoms with Gasteiger partial charge < -0.3 is 25.4 Å². The van der Waals surface area contributed by atoms with Crippen LogP contribution in [0.25, 0.3) is 11.2 Å². The predicted molar refractivity (Wildman–Crippen MR) is 80.0 cm³/mol. The number of nitrogens with zero attached hydrogens (tertiary/aromatic N) is 3.